The highest BCUT2D eigenvalue weighted by atomic mass is 19.4. The van der Waals surface area contributed by atoms with Gasteiger partial charge in [0.2, 0.25) is 18.6 Å². The summed E-state index contributed by atoms with van der Waals surface area (Å²) < 4.78 is 53.6. The number of ether oxygens (including phenoxy) is 4. The molecule has 3 unspecified atom stereocenters. The Morgan fingerprint density at radius 2 is 1.74 bits per heavy atom. The fraction of sp³-hybridized carbons (Fsp3) is 0.429. The number of carbonyl (C=O) groups is 4. The van der Waals surface area contributed by atoms with Crippen LogP contribution in [-0.4, -0.2) is 85.0 Å². The summed E-state index contributed by atoms with van der Waals surface area (Å²) in [6.07, 6.45) is -3.86. The van der Waals surface area contributed by atoms with Crippen molar-refractivity contribution in [1.82, 2.24) is 9.80 Å². The first-order chi connectivity index (χ1) is 19.9. The van der Waals surface area contributed by atoms with Crippen LogP contribution in [0.4, 0.5) is 13.2 Å². The number of esters is 1. The number of hydrogen-bond acceptors (Lipinski definition) is 9. The van der Waals surface area contributed by atoms with Crippen LogP contribution in [0.5, 0.6) is 17.2 Å². The zero-order chi connectivity index (χ0) is 30.6. The van der Waals surface area contributed by atoms with Gasteiger partial charge in [0.05, 0.1) is 26.1 Å². The van der Waals surface area contributed by atoms with Gasteiger partial charge in [-0.15, -0.1) is 0 Å². The van der Waals surface area contributed by atoms with Gasteiger partial charge < -0.3 is 24.1 Å². The quantitative estimate of drug-likeness (QED) is 0.418. The summed E-state index contributed by atoms with van der Waals surface area (Å²) in [5, 5.41) is 7.12. The Balaban J connectivity index is 0.000000451. The van der Waals surface area contributed by atoms with Gasteiger partial charge in [-0.05, 0) is 48.7 Å². The molecule has 2 aromatic carbocycles. The number of likely N-dealkylation sites (tertiary alicyclic amines) is 1. The van der Waals surface area contributed by atoms with Gasteiger partial charge >= 0.3 is 18.1 Å². The molecule has 0 saturated carbocycles. The molecule has 224 valence electrons. The van der Waals surface area contributed by atoms with E-state index in [0.29, 0.717) is 30.2 Å². The number of hydrogen-bond donors (Lipinski definition) is 1. The molecule has 0 aliphatic carbocycles. The largest absolute Gasteiger partial charge is 0.496 e. The third-order valence-electron chi connectivity index (χ3n) is 8.26. The Bertz CT molecular complexity index is 1460. The summed E-state index contributed by atoms with van der Waals surface area (Å²) in [4.78, 5) is 51.7. The number of carboxylic acids is 1. The van der Waals surface area contributed by atoms with Gasteiger partial charge in [-0.2, -0.15) is 13.2 Å². The molecule has 0 aromatic heterocycles. The maximum Gasteiger partial charge on any atom is 0.490 e. The van der Waals surface area contributed by atoms with E-state index in [9.17, 15) is 27.6 Å². The third kappa shape index (κ3) is 4.40. The van der Waals surface area contributed by atoms with Crippen molar-refractivity contribution in [3.63, 3.8) is 0 Å². The standard InChI is InChI=1S/C26H26N2O7.C2HF3O2/c1-27-23(29)20-21(24(27)30)26(25(31)33-3)9-4-10-28(26)22(20)15-5-7-16(18(12-15)32-2)14-6-8-17-19(11-14)35-13-34-17;3-2(4,5)1(6)7/h5-8,11-12,20-22H,4,9-10,13H2,1-3H3;(H,6,7)/t20?,21?,22?,26-;/m0./s1. The lowest BCUT2D eigenvalue weighted by Gasteiger charge is -2.35. The second kappa shape index (κ2) is 10.5. The molecule has 1 N–H and O–H groups in total. The van der Waals surface area contributed by atoms with Crippen molar-refractivity contribution in [1.29, 1.82) is 0 Å². The normalized spacial score (nSPS) is 26.0. The molecule has 14 heteroatoms. The van der Waals surface area contributed by atoms with Crippen LogP contribution in [0.1, 0.15) is 24.4 Å². The summed E-state index contributed by atoms with van der Waals surface area (Å²) in [7, 11) is 4.43. The molecule has 0 bridgehead atoms. The molecule has 2 aromatic rings. The van der Waals surface area contributed by atoms with Gasteiger partial charge in [-0.3, -0.25) is 24.2 Å². The van der Waals surface area contributed by atoms with Crippen molar-refractivity contribution in [2.75, 3.05) is 34.6 Å². The van der Waals surface area contributed by atoms with E-state index in [1.54, 1.807) is 7.11 Å². The van der Waals surface area contributed by atoms with E-state index in [1.165, 1.54) is 19.1 Å². The van der Waals surface area contributed by atoms with Crippen LogP contribution >= 0.6 is 0 Å². The number of carbonyl (C=O) groups excluding carboxylic acids is 3. The predicted octanol–water partition coefficient (Wildman–Crippen LogP) is 3.02. The van der Waals surface area contributed by atoms with Crippen LogP contribution in [0, 0.1) is 11.8 Å². The van der Waals surface area contributed by atoms with Gasteiger partial charge in [0.1, 0.15) is 11.3 Å². The lowest BCUT2D eigenvalue weighted by molar-refractivity contribution is -0.192. The van der Waals surface area contributed by atoms with Gasteiger partial charge in [0.25, 0.3) is 0 Å². The smallest absolute Gasteiger partial charge is 0.490 e. The van der Waals surface area contributed by atoms with Crippen molar-refractivity contribution in [2.45, 2.75) is 30.6 Å². The third-order valence-corrected chi connectivity index (χ3v) is 8.26. The number of rotatable bonds is 4. The first-order valence-corrected chi connectivity index (χ1v) is 12.9. The molecule has 4 atom stereocenters. The molecule has 4 heterocycles. The van der Waals surface area contributed by atoms with Gasteiger partial charge in [0.15, 0.2) is 11.5 Å². The Morgan fingerprint density at radius 3 is 2.38 bits per heavy atom. The Labute approximate surface area is 237 Å². The molecule has 4 aliphatic heterocycles. The maximum absolute atomic E-state index is 13.3. The number of benzene rings is 2. The molecular weight excluding hydrogens is 565 g/mol. The summed E-state index contributed by atoms with van der Waals surface area (Å²) in [5.41, 5.74) is 1.45. The molecule has 3 fully saturated rings. The van der Waals surface area contributed by atoms with Crippen molar-refractivity contribution >= 4 is 23.8 Å². The number of fused-ring (bicyclic) bond motifs is 4. The SMILES string of the molecule is COC(=O)[C@@]12CCCN1C(c1ccc(-c3ccc4c(c3)OCO4)c(OC)c1)C1C(=O)N(C)C(=O)C12.O=C(O)C(F)(F)F. The van der Waals surface area contributed by atoms with E-state index < -0.39 is 41.5 Å². The van der Waals surface area contributed by atoms with Crippen molar-refractivity contribution in [3.8, 4) is 28.4 Å². The summed E-state index contributed by atoms with van der Waals surface area (Å²) in [6.45, 7) is 0.793. The van der Waals surface area contributed by atoms with Crippen LogP contribution in [0.3, 0.4) is 0 Å². The number of amides is 2. The zero-order valence-corrected chi connectivity index (χ0v) is 22.8. The highest BCUT2D eigenvalue weighted by Crippen LogP contribution is 2.59. The van der Waals surface area contributed by atoms with Gasteiger partial charge in [-0.1, -0.05) is 18.2 Å². The fourth-order valence-corrected chi connectivity index (χ4v) is 6.54. The summed E-state index contributed by atoms with van der Waals surface area (Å²) in [6, 6.07) is 11.1. The molecule has 4 aliphatic rings. The average Bonchev–Trinajstić information content (AvgIpc) is 3.71. The van der Waals surface area contributed by atoms with E-state index in [-0.39, 0.29) is 18.6 Å². The minimum Gasteiger partial charge on any atom is -0.496 e. The van der Waals surface area contributed by atoms with E-state index in [0.717, 1.165) is 23.1 Å². The molecule has 11 nitrogen and oxygen atoms in total. The van der Waals surface area contributed by atoms with E-state index in [4.69, 9.17) is 28.8 Å². The fourth-order valence-electron chi connectivity index (χ4n) is 6.54. The minimum atomic E-state index is -5.08. The second-order valence-electron chi connectivity index (χ2n) is 10.2. The summed E-state index contributed by atoms with van der Waals surface area (Å²) in [5.74, 6) is -3.22. The first-order valence-electron chi connectivity index (χ1n) is 12.9. The lowest BCUT2D eigenvalue weighted by Crippen LogP contribution is -2.54. The zero-order valence-electron chi connectivity index (χ0n) is 22.8. The topological polar surface area (TPSA) is 132 Å². The van der Waals surface area contributed by atoms with E-state index in [1.807, 2.05) is 41.3 Å². The maximum atomic E-state index is 13.3. The van der Waals surface area contributed by atoms with Crippen molar-refractivity contribution < 1.29 is 56.4 Å². The number of methoxy groups -OCH3 is 2. The number of carboxylic acid groups (broad SMARTS) is 1. The number of halogens is 3. The van der Waals surface area contributed by atoms with E-state index in [2.05, 4.69) is 0 Å². The van der Waals surface area contributed by atoms with Crippen LogP contribution < -0.4 is 14.2 Å². The minimum absolute atomic E-state index is 0.193. The number of nitrogens with zero attached hydrogens (tertiary/aromatic N) is 2. The van der Waals surface area contributed by atoms with Crippen molar-refractivity contribution in [3.05, 3.63) is 42.0 Å². The number of imide groups is 1. The molecular formula is C28H27F3N2O9. The number of alkyl halides is 3. The van der Waals surface area contributed by atoms with E-state index >= 15 is 0 Å². The van der Waals surface area contributed by atoms with Crippen LogP contribution in [0.15, 0.2) is 36.4 Å². The molecule has 3 saturated heterocycles. The highest BCUT2D eigenvalue weighted by molar-refractivity contribution is 6.09. The Kier molecular flexibility index (Phi) is 7.29. The van der Waals surface area contributed by atoms with Crippen LogP contribution in [-0.2, 0) is 23.9 Å². The molecule has 0 spiro atoms. The Hall–Kier alpha value is -4.33. The van der Waals surface area contributed by atoms with Gasteiger partial charge in [0, 0.05) is 18.7 Å². The Morgan fingerprint density at radius 1 is 1.05 bits per heavy atom. The second-order valence-corrected chi connectivity index (χ2v) is 10.2. The summed E-state index contributed by atoms with van der Waals surface area (Å²) >= 11 is 0. The molecule has 42 heavy (non-hydrogen) atoms. The molecule has 0 radical (unpaired) electrons. The van der Waals surface area contributed by atoms with Crippen LogP contribution in [0.2, 0.25) is 0 Å². The van der Waals surface area contributed by atoms with Crippen LogP contribution in [0.25, 0.3) is 11.1 Å². The number of aliphatic carboxylic acids is 1. The van der Waals surface area contributed by atoms with Gasteiger partial charge in [-0.25, -0.2) is 4.79 Å². The monoisotopic (exact) mass is 592 g/mol. The molecule has 2 amide bonds. The van der Waals surface area contributed by atoms with Crippen molar-refractivity contribution in [2.24, 2.45) is 11.8 Å². The molecule has 6 rings (SSSR count). The highest BCUT2D eigenvalue weighted by Gasteiger charge is 2.73. The average molecular weight is 593 g/mol. The predicted molar refractivity (Wildman–Crippen MR) is 136 cm³/mol. The first kappa shape index (κ1) is 29.2. The lowest BCUT2D eigenvalue weighted by atomic mass is 9.77.